The summed E-state index contributed by atoms with van der Waals surface area (Å²) in [5.41, 5.74) is 1.15. The van der Waals surface area contributed by atoms with Gasteiger partial charge in [0.2, 0.25) is 0 Å². The molecule has 0 saturated carbocycles. The number of carboxylic acids is 1. The lowest BCUT2D eigenvalue weighted by atomic mass is 10.1. The molecule has 0 aromatic heterocycles. The molecule has 0 bridgehead atoms. The summed E-state index contributed by atoms with van der Waals surface area (Å²) >= 11 is 11.8. The number of amides is 1. The summed E-state index contributed by atoms with van der Waals surface area (Å²) in [5, 5.41) is 11.9. The number of carboxylic acid groups (broad SMARTS) is 1. The van der Waals surface area contributed by atoms with Crippen molar-refractivity contribution in [3.8, 4) is 0 Å². The van der Waals surface area contributed by atoms with E-state index in [2.05, 4.69) is 5.32 Å². The van der Waals surface area contributed by atoms with Crippen LogP contribution in [-0.4, -0.2) is 22.8 Å². The van der Waals surface area contributed by atoms with Gasteiger partial charge in [0.25, 0.3) is 5.91 Å². The van der Waals surface area contributed by atoms with E-state index in [-0.39, 0.29) is 29.2 Å². The predicted molar refractivity (Wildman–Crippen MR) is 92.1 cm³/mol. The van der Waals surface area contributed by atoms with E-state index < -0.39 is 11.9 Å². The fourth-order valence-corrected chi connectivity index (χ4v) is 2.47. The molecule has 0 spiro atoms. The van der Waals surface area contributed by atoms with Gasteiger partial charge in [0.1, 0.15) is 0 Å². The van der Waals surface area contributed by atoms with Crippen molar-refractivity contribution in [2.45, 2.75) is 12.8 Å². The van der Waals surface area contributed by atoms with Crippen molar-refractivity contribution in [1.82, 2.24) is 0 Å². The van der Waals surface area contributed by atoms with Gasteiger partial charge in [-0.15, -0.1) is 0 Å². The molecule has 0 fully saturated rings. The van der Waals surface area contributed by atoms with Crippen LogP contribution in [0.4, 0.5) is 5.69 Å². The van der Waals surface area contributed by atoms with Crippen LogP contribution in [0.3, 0.4) is 0 Å². The van der Waals surface area contributed by atoms with Crippen LogP contribution in [0.1, 0.15) is 33.6 Å². The highest BCUT2D eigenvalue weighted by Gasteiger charge is 2.12. The monoisotopic (exact) mass is 365 g/mol. The SMILES string of the molecule is O=C(O)CCC(=O)c1ccc(NC(=O)c2ccc(Cl)cc2Cl)cc1. The van der Waals surface area contributed by atoms with Crippen molar-refractivity contribution in [3.05, 3.63) is 63.6 Å². The smallest absolute Gasteiger partial charge is 0.303 e. The highest BCUT2D eigenvalue weighted by Crippen LogP contribution is 2.22. The van der Waals surface area contributed by atoms with Gasteiger partial charge in [0.15, 0.2) is 5.78 Å². The minimum absolute atomic E-state index is 0.0680. The Labute approximate surface area is 148 Å². The van der Waals surface area contributed by atoms with E-state index in [9.17, 15) is 14.4 Å². The first kappa shape index (κ1) is 18.0. The van der Waals surface area contributed by atoms with E-state index in [1.54, 1.807) is 18.2 Å². The van der Waals surface area contributed by atoms with Crippen LogP contribution in [0.25, 0.3) is 0 Å². The van der Waals surface area contributed by atoms with E-state index >= 15 is 0 Å². The number of nitrogens with one attached hydrogen (secondary N) is 1. The molecule has 2 N–H and O–H groups in total. The molecule has 0 atom stereocenters. The second kappa shape index (κ2) is 7.95. The maximum absolute atomic E-state index is 12.2. The Morgan fingerprint density at radius 3 is 2.21 bits per heavy atom. The number of halogens is 2. The molecular formula is C17H13Cl2NO4. The number of aliphatic carboxylic acids is 1. The molecule has 0 saturated heterocycles. The number of Topliss-reactive ketones (excluding diaryl/α,β-unsaturated/α-hetero) is 1. The third-order valence-corrected chi connectivity index (χ3v) is 3.75. The van der Waals surface area contributed by atoms with Crippen molar-refractivity contribution in [2.24, 2.45) is 0 Å². The first-order valence-corrected chi connectivity index (χ1v) is 7.74. The van der Waals surface area contributed by atoms with E-state index in [1.807, 2.05) is 0 Å². The summed E-state index contributed by atoms with van der Waals surface area (Å²) in [6, 6.07) is 10.7. The highest BCUT2D eigenvalue weighted by atomic mass is 35.5. The molecule has 0 unspecified atom stereocenters. The van der Waals surface area contributed by atoms with Crippen LogP contribution in [0, 0.1) is 0 Å². The zero-order valence-electron chi connectivity index (χ0n) is 12.4. The van der Waals surface area contributed by atoms with Crippen LogP contribution in [-0.2, 0) is 4.79 Å². The largest absolute Gasteiger partial charge is 0.481 e. The molecule has 0 aliphatic carbocycles. The summed E-state index contributed by atoms with van der Waals surface area (Å²) in [7, 11) is 0. The van der Waals surface area contributed by atoms with Crippen LogP contribution in [0.2, 0.25) is 10.0 Å². The van der Waals surface area contributed by atoms with E-state index in [0.29, 0.717) is 16.3 Å². The molecule has 0 heterocycles. The number of benzene rings is 2. The Hall–Kier alpha value is -2.37. The lowest BCUT2D eigenvalue weighted by Gasteiger charge is -2.08. The zero-order chi connectivity index (χ0) is 17.7. The van der Waals surface area contributed by atoms with Gasteiger partial charge < -0.3 is 10.4 Å². The van der Waals surface area contributed by atoms with Gasteiger partial charge in [-0.3, -0.25) is 14.4 Å². The van der Waals surface area contributed by atoms with Gasteiger partial charge in [-0.2, -0.15) is 0 Å². The van der Waals surface area contributed by atoms with Crippen molar-refractivity contribution >= 4 is 46.5 Å². The third-order valence-electron chi connectivity index (χ3n) is 3.21. The Bertz CT molecular complexity index is 788. The quantitative estimate of drug-likeness (QED) is 0.747. The first-order chi connectivity index (χ1) is 11.4. The standard InChI is InChI=1S/C17H13Cl2NO4/c18-11-3-6-13(14(19)9-11)17(24)20-12-4-1-10(2-5-12)15(21)7-8-16(22)23/h1-6,9H,7-8H2,(H,20,24)(H,22,23). The summed E-state index contributed by atoms with van der Waals surface area (Å²) < 4.78 is 0. The van der Waals surface area contributed by atoms with E-state index in [4.69, 9.17) is 28.3 Å². The maximum Gasteiger partial charge on any atom is 0.303 e. The number of hydrogen-bond acceptors (Lipinski definition) is 3. The third kappa shape index (κ3) is 4.81. The van der Waals surface area contributed by atoms with Crippen LogP contribution in [0.5, 0.6) is 0 Å². The molecule has 0 radical (unpaired) electrons. The molecule has 5 nitrogen and oxygen atoms in total. The number of carbonyl (C=O) groups is 3. The molecule has 1 amide bonds. The van der Waals surface area contributed by atoms with Crippen molar-refractivity contribution in [2.75, 3.05) is 5.32 Å². The Kier molecular flexibility index (Phi) is 5.95. The lowest BCUT2D eigenvalue weighted by molar-refractivity contribution is -0.136. The molecule has 0 aliphatic heterocycles. The van der Waals surface area contributed by atoms with Crippen molar-refractivity contribution in [1.29, 1.82) is 0 Å². The van der Waals surface area contributed by atoms with Gasteiger partial charge in [0.05, 0.1) is 17.0 Å². The molecule has 0 aliphatic rings. The second-order valence-corrected chi connectivity index (χ2v) is 5.82. The molecule has 124 valence electrons. The molecule has 2 aromatic rings. The normalized spacial score (nSPS) is 10.2. The average Bonchev–Trinajstić information content (AvgIpc) is 2.53. The predicted octanol–water partition coefficient (Wildman–Crippen LogP) is 4.29. The summed E-state index contributed by atoms with van der Waals surface area (Å²) in [6.45, 7) is 0. The summed E-state index contributed by atoms with van der Waals surface area (Å²) in [4.78, 5) is 34.4. The fraction of sp³-hybridized carbons (Fsp3) is 0.118. The molecule has 2 rings (SSSR count). The Balaban J connectivity index is 2.04. The highest BCUT2D eigenvalue weighted by molar-refractivity contribution is 6.37. The van der Waals surface area contributed by atoms with Gasteiger partial charge in [0, 0.05) is 22.7 Å². The van der Waals surface area contributed by atoms with Gasteiger partial charge in [-0.1, -0.05) is 23.2 Å². The van der Waals surface area contributed by atoms with Crippen molar-refractivity contribution < 1.29 is 19.5 Å². The summed E-state index contributed by atoms with van der Waals surface area (Å²) in [6.07, 6.45) is -0.284. The topological polar surface area (TPSA) is 83.5 Å². The number of ketones is 1. The minimum atomic E-state index is -1.02. The molecular weight excluding hydrogens is 353 g/mol. The fourth-order valence-electron chi connectivity index (χ4n) is 1.98. The number of anilines is 1. The van der Waals surface area contributed by atoms with Gasteiger partial charge >= 0.3 is 5.97 Å². The number of hydrogen-bond donors (Lipinski definition) is 2. The van der Waals surface area contributed by atoms with Crippen LogP contribution >= 0.6 is 23.2 Å². The van der Waals surface area contributed by atoms with E-state index in [1.165, 1.54) is 24.3 Å². The van der Waals surface area contributed by atoms with Gasteiger partial charge in [-0.05, 0) is 42.5 Å². The number of carbonyl (C=O) groups excluding carboxylic acids is 2. The Morgan fingerprint density at radius 1 is 0.958 bits per heavy atom. The van der Waals surface area contributed by atoms with Crippen LogP contribution in [0.15, 0.2) is 42.5 Å². The van der Waals surface area contributed by atoms with Gasteiger partial charge in [-0.25, -0.2) is 0 Å². The lowest BCUT2D eigenvalue weighted by Crippen LogP contribution is -2.12. The first-order valence-electron chi connectivity index (χ1n) is 6.98. The molecule has 2 aromatic carbocycles. The second-order valence-electron chi connectivity index (χ2n) is 4.97. The minimum Gasteiger partial charge on any atom is -0.481 e. The van der Waals surface area contributed by atoms with Crippen LogP contribution < -0.4 is 5.32 Å². The zero-order valence-corrected chi connectivity index (χ0v) is 13.9. The molecule has 7 heteroatoms. The number of rotatable bonds is 6. The van der Waals surface area contributed by atoms with E-state index in [0.717, 1.165) is 0 Å². The Morgan fingerprint density at radius 2 is 1.62 bits per heavy atom. The molecule has 24 heavy (non-hydrogen) atoms. The maximum atomic E-state index is 12.2. The summed E-state index contributed by atoms with van der Waals surface area (Å²) in [5.74, 6) is -1.69. The average molecular weight is 366 g/mol. The van der Waals surface area contributed by atoms with Crippen molar-refractivity contribution in [3.63, 3.8) is 0 Å².